The summed E-state index contributed by atoms with van der Waals surface area (Å²) in [5, 5.41) is 15.1. The highest BCUT2D eigenvalue weighted by molar-refractivity contribution is 5.76. The van der Waals surface area contributed by atoms with Gasteiger partial charge in [-0.25, -0.2) is 4.68 Å². The molecule has 0 amide bonds. The number of nitrogens with zero attached hydrogens (tertiary/aromatic N) is 2. The second-order valence-corrected chi connectivity index (χ2v) is 11.3. The van der Waals surface area contributed by atoms with E-state index in [-0.39, 0.29) is 65.6 Å². The van der Waals surface area contributed by atoms with Gasteiger partial charge in [0.15, 0.2) is 0 Å². The fourth-order valence-electron chi connectivity index (χ4n) is 7.44. The minimum atomic E-state index is -0.556. The van der Waals surface area contributed by atoms with Gasteiger partial charge in [0, 0.05) is 32.6 Å². The van der Waals surface area contributed by atoms with E-state index in [4.69, 9.17) is 9.47 Å². The molecule has 8 nitrogen and oxygen atoms in total. The van der Waals surface area contributed by atoms with Crippen molar-refractivity contribution in [1.82, 2.24) is 9.78 Å². The van der Waals surface area contributed by atoms with Crippen LogP contribution in [0.3, 0.4) is 0 Å². The predicted molar refractivity (Wildman–Crippen MR) is 128 cm³/mol. The molecule has 0 bridgehead atoms. The first-order valence-corrected chi connectivity index (χ1v) is 12.6. The number of aliphatic hydroxyl groups is 1. The van der Waals surface area contributed by atoms with Crippen molar-refractivity contribution in [2.75, 3.05) is 13.2 Å². The molecule has 2 saturated carbocycles. The molecule has 0 aliphatic heterocycles. The first kappa shape index (κ1) is 25.6. The van der Waals surface area contributed by atoms with E-state index in [2.05, 4.69) is 25.5 Å². The van der Waals surface area contributed by atoms with Crippen molar-refractivity contribution in [2.24, 2.45) is 34.5 Å². The van der Waals surface area contributed by atoms with Crippen LogP contribution in [-0.2, 0) is 31.9 Å². The largest absolute Gasteiger partial charge is 0.466 e. The molecule has 1 N–H and O–H groups in total. The Bertz CT molecular complexity index is 1050. The van der Waals surface area contributed by atoms with Gasteiger partial charge in [-0.15, -0.1) is 0 Å². The zero-order valence-corrected chi connectivity index (χ0v) is 21.5. The number of carbonyl (C=O) groups is 3. The Morgan fingerprint density at radius 2 is 1.80 bits per heavy atom. The summed E-state index contributed by atoms with van der Waals surface area (Å²) in [5.74, 6) is -0.494. The summed E-state index contributed by atoms with van der Waals surface area (Å²) in [6.45, 7) is 13.5. The van der Waals surface area contributed by atoms with Crippen molar-refractivity contribution < 1.29 is 29.0 Å². The van der Waals surface area contributed by atoms with Crippen LogP contribution in [-0.4, -0.2) is 52.1 Å². The van der Waals surface area contributed by atoms with Crippen LogP contribution in [0.2, 0.25) is 0 Å². The lowest BCUT2D eigenvalue weighted by atomic mass is 9.49. The number of hydrogen-bond acceptors (Lipinski definition) is 7. The Balaban J connectivity index is 1.75. The van der Waals surface area contributed by atoms with Crippen LogP contribution in [0.5, 0.6) is 0 Å². The molecule has 3 aliphatic carbocycles. The summed E-state index contributed by atoms with van der Waals surface area (Å²) < 4.78 is 12.6. The van der Waals surface area contributed by atoms with Gasteiger partial charge in [-0.2, -0.15) is 5.10 Å². The Kier molecular flexibility index (Phi) is 6.72. The average Bonchev–Trinajstić information content (AvgIpc) is 3.28. The molecule has 8 heteroatoms. The smallest absolute Gasteiger partial charge is 0.302 e. The highest BCUT2D eigenvalue weighted by Gasteiger charge is 2.59. The molecule has 4 rings (SSSR count). The highest BCUT2D eigenvalue weighted by Crippen LogP contribution is 2.63. The SMILES string of the molecule is C=C1C(O)C[C@H]2[C@H](COC(C)=O)[C@@H]([C@@]3(C)Cc4cnn(C(C)=O)c4C[C@@H]3COC(C)=O)CC[C@]12C. The minimum Gasteiger partial charge on any atom is -0.466 e. The van der Waals surface area contributed by atoms with Crippen molar-refractivity contribution in [3.63, 3.8) is 0 Å². The topological polar surface area (TPSA) is 108 Å². The van der Waals surface area contributed by atoms with Crippen LogP contribution in [0, 0.1) is 34.5 Å². The molecule has 0 radical (unpaired) electrons. The lowest BCUT2D eigenvalue weighted by Gasteiger charge is -2.55. The van der Waals surface area contributed by atoms with Crippen LogP contribution in [0.1, 0.15) is 69.9 Å². The molecule has 1 heterocycles. The van der Waals surface area contributed by atoms with E-state index in [0.29, 0.717) is 19.3 Å². The molecule has 0 saturated heterocycles. The molecule has 0 aromatic carbocycles. The van der Waals surface area contributed by atoms with E-state index in [9.17, 15) is 19.5 Å². The van der Waals surface area contributed by atoms with Gasteiger partial charge in [0.2, 0.25) is 5.91 Å². The zero-order chi connectivity index (χ0) is 25.7. The maximum Gasteiger partial charge on any atom is 0.302 e. The van der Waals surface area contributed by atoms with E-state index in [1.165, 1.54) is 25.5 Å². The highest BCUT2D eigenvalue weighted by atomic mass is 16.5. The van der Waals surface area contributed by atoms with Gasteiger partial charge in [-0.05, 0) is 65.9 Å². The standard InChI is InChI=1S/C27H38N2O6/c1-15-25(33)10-23-21(14-35-18(4)32)22(7-8-26(15,23)5)27(6)11-19-12-28-29(16(2)30)24(19)9-20(27)13-34-17(3)31/h12,20-23,25,33H,1,7-11,13-14H2,2-6H3/t20-,21-,22+,23+,25?,26-,27+/m1/s1. The van der Waals surface area contributed by atoms with Crippen molar-refractivity contribution in [3.8, 4) is 0 Å². The van der Waals surface area contributed by atoms with Crippen molar-refractivity contribution in [1.29, 1.82) is 0 Å². The molecule has 3 aliphatic rings. The quantitative estimate of drug-likeness (QED) is 0.502. The van der Waals surface area contributed by atoms with E-state index in [1.807, 2.05) is 0 Å². The molecule has 35 heavy (non-hydrogen) atoms. The molecule has 1 aromatic heterocycles. The molecule has 1 unspecified atom stereocenters. The number of aromatic nitrogens is 2. The lowest BCUT2D eigenvalue weighted by molar-refractivity contribution is -0.152. The number of rotatable bonds is 5. The van der Waals surface area contributed by atoms with E-state index >= 15 is 0 Å². The fourth-order valence-corrected chi connectivity index (χ4v) is 7.44. The molecule has 192 valence electrons. The summed E-state index contributed by atoms with van der Waals surface area (Å²) in [4.78, 5) is 35.8. The third kappa shape index (κ3) is 4.34. The maximum absolute atomic E-state index is 12.2. The number of aliphatic hydroxyl groups excluding tert-OH is 1. The minimum absolute atomic E-state index is 0.0285. The van der Waals surface area contributed by atoms with Crippen molar-refractivity contribution >= 4 is 17.8 Å². The predicted octanol–water partition coefficient (Wildman–Crippen LogP) is 3.36. The van der Waals surface area contributed by atoms with Crippen LogP contribution in [0.15, 0.2) is 18.3 Å². The number of esters is 2. The second-order valence-electron chi connectivity index (χ2n) is 11.3. The van der Waals surface area contributed by atoms with Crippen LogP contribution in [0.4, 0.5) is 0 Å². The first-order valence-electron chi connectivity index (χ1n) is 12.6. The fraction of sp³-hybridized carbons (Fsp3) is 0.704. The van der Waals surface area contributed by atoms with Crippen LogP contribution < -0.4 is 0 Å². The molecule has 0 spiro atoms. The summed E-state index contributed by atoms with van der Waals surface area (Å²) >= 11 is 0. The second kappa shape index (κ2) is 9.19. The van der Waals surface area contributed by atoms with Gasteiger partial charge < -0.3 is 14.6 Å². The van der Waals surface area contributed by atoms with E-state index in [1.54, 1.807) is 6.20 Å². The lowest BCUT2D eigenvalue weighted by Crippen LogP contribution is -2.53. The Labute approximate surface area is 207 Å². The summed E-state index contributed by atoms with van der Waals surface area (Å²) in [5.41, 5.74) is 2.31. The Morgan fingerprint density at radius 1 is 1.14 bits per heavy atom. The first-order chi connectivity index (χ1) is 16.4. The molecule has 7 atom stereocenters. The van der Waals surface area contributed by atoms with Crippen LogP contribution >= 0.6 is 0 Å². The maximum atomic E-state index is 12.2. The van der Waals surface area contributed by atoms with Gasteiger partial charge in [0.25, 0.3) is 0 Å². The van der Waals surface area contributed by atoms with Gasteiger partial charge in [-0.1, -0.05) is 20.4 Å². The molecule has 2 fully saturated rings. The van der Waals surface area contributed by atoms with E-state index in [0.717, 1.165) is 29.7 Å². The zero-order valence-electron chi connectivity index (χ0n) is 21.5. The monoisotopic (exact) mass is 486 g/mol. The molecular formula is C27H38N2O6. The Hall–Kier alpha value is -2.48. The summed E-state index contributed by atoms with van der Waals surface area (Å²) in [7, 11) is 0. The van der Waals surface area contributed by atoms with Gasteiger partial charge in [0.1, 0.15) is 0 Å². The summed E-state index contributed by atoms with van der Waals surface area (Å²) in [6, 6.07) is 0. The number of hydrogen-bond donors (Lipinski definition) is 1. The van der Waals surface area contributed by atoms with Crippen LogP contribution in [0.25, 0.3) is 0 Å². The normalized spacial score (nSPS) is 36.3. The van der Waals surface area contributed by atoms with Crippen molar-refractivity contribution in [2.45, 2.75) is 72.8 Å². The third-order valence-electron chi connectivity index (χ3n) is 9.45. The van der Waals surface area contributed by atoms with Gasteiger partial charge in [0.05, 0.1) is 31.2 Å². The summed E-state index contributed by atoms with van der Waals surface area (Å²) in [6.07, 6.45) is 4.88. The molecular weight excluding hydrogens is 448 g/mol. The average molecular weight is 487 g/mol. The van der Waals surface area contributed by atoms with Crippen molar-refractivity contribution in [3.05, 3.63) is 29.6 Å². The number of ether oxygens (including phenoxy) is 2. The van der Waals surface area contributed by atoms with E-state index < -0.39 is 6.10 Å². The van der Waals surface area contributed by atoms with Gasteiger partial charge >= 0.3 is 11.9 Å². The third-order valence-corrected chi connectivity index (χ3v) is 9.45. The number of carbonyl (C=O) groups excluding carboxylic acids is 3. The number of fused-ring (bicyclic) bond motifs is 2. The molecule has 1 aromatic rings. The Morgan fingerprint density at radius 3 is 2.43 bits per heavy atom. The van der Waals surface area contributed by atoms with Gasteiger partial charge in [-0.3, -0.25) is 14.4 Å².